The minimum Gasteiger partial charge on any atom is -0.467 e. The zero-order chi connectivity index (χ0) is 17.2. The third-order valence-electron chi connectivity index (χ3n) is 3.45. The minimum atomic E-state index is -0.748. The van der Waals surface area contributed by atoms with Gasteiger partial charge in [-0.3, -0.25) is 4.79 Å². The van der Waals surface area contributed by atoms with Gasteiger partial charge in [-0.25, -0.2) is 4.79 Å². The molecule has 0 bridgehead atoms. The molecule has 0 saturated heterocycles. The Bertz CT molecular complexity index is 590. The summed E-state index contributed by atoms with van der Waals surface area (Å²) in [5.74, 6) is -0.859. The number of nitriles is 1. The molecule has 0 N–H and O–H groups in total. The van der Waals surface area contributed by atoms with Crippen LogP contribution in [-0.4, -0.2) is 36.5 Å². The number of esters is 1. The number of hydrogen-bond acceptors (Lipinski definition) is 4. The summed E-state index contributed by atoms with van der Waals surface area (Å²) in [6, 6.07) is 10.5. The number of carbonyl (C=O) groups excluding carboxylic acids is 2. The van der Waals surface area contributed by atoms with E-state index in [9.17, 15) is 9.59 Å². The first kappa shape index (κ1) is 18.4. The van der Waals surface area contributed by atoms with Gasteiger partial charge < -0.3 is 9.64 Å². The van der Waals surface area contributed by atoms with Gasteiger partial charge in [0.2, 0.25) is 5.91 Å². The van der Waals surface area contributed by atoms with E-state index in [2.05, 4.69) is 6.58 Å². The number of rotatable bonds is 8. The molecular weight excluding hydrogens is 292 g/mol. The maximum atomic E-state index is 12.3. The molecule has 122 valence electrons. The Hall–Kier alpha value is -2.61. The molecule has 0 radical (unpaired) electrons. The fraction of sp³-hybridized carbons (Fsp3) is 0.389. The maximum Gasteiger partial charge on any atom is 0.328 e. The van der Waals surface area contributed by atoms with Crippen molar-refractivity contribution in [1.82, 2.24) is 4.90 Å². The molecular formula is C18H22N2O3. The van der Waals surface area contributed by atoms with E-state index in [0.717, 1.165) is 11.1 Å². The largest absolute Gasteiger partial charge is 0.467 e. The Kier molecular flexibility index (Phi) is 7.55. The van der Waals surface area contributed by atoms with Crippen molar-refractivity contribution in [1.29, 1.82) is 5.26 Å². The predicted molar refractivity (Wildman–Crippen MR) is 87.3 cm³/mol. The van der Waals surface area contributed by atoms with E-state index in [1.54, 1.807) is 0 Å². The molecule has 0 aliphatic carbocycles. The Balaban J connectivity index is 3.04. The van der Waals surface area contributed by atoms with Gasteiger partial charge in [-0.05, 0) is 18.9 Å². The van der Waals surface area contributed by atoms with Crippen LogP contribution in [0.3, 0.4) is 0 Å². The van der Waals surface area contributed by atoms with E-state index < -0.39 is 12.0 Å². The molecule has 23 heavy (non-hydrogen) atoms. The molecule has 0 aliphatic heterocycles. The van der Waals surface area contributed by atoms with Gasteiger partial charge in [0.15, 0.2) is 0 Å². The third-order valence-corrected chi connectivity index (χ3v) is 3.45. The highest BCUT2D eigenvalue weighted by atomic mass is 16.5. The van der Waals surface area contributed by atoms with Crippen molar-refractivity contribution in [2.24, 2.45) is 0 Å². The highest BCUT2D eigenvalue weighted by molar-refractivity contribution is 5.85. The van der Waals surface area contributed by atoms with Crippen LogP contribution in [0.5, 0.6) is 0 Å². The van der Waals surface area contributed by atoms with Crippen LogP contribution in [0.2, 0.25) is 0 Å². The number of ether oxygens (including phenoxy) is 1. The lowest BCUT2D eigenvalue weighted by Gasteiger charge is -2.29. The first-order valence-corrected chi connectivity index (χ1v) is 7.42. The Morgan fingerprint density at radius 1 is 1.35 bits per heavy atom. The average molecular weight is 314 g/mol. The monoisotopic (exact) mass is 314 g/mol. The molecule has 1 amide bonds. The van der Waals surface area contributed by atoms with Crippen LogP contribution in [0.15, 0.2) is 42.5 Å². The normalized spacial score (nSPS) is 11.2. The zero-order valence-electron chi connectivity index (χ0n) is 13.6. The maximum absolute atomic E-state index is 12.3. The van der Waals surface area contributed by atoms with Crippen molar-refractivity contribution in [3.05, 3.63) is 48.0 Å². The van der Waals surface area contributed by atoms with E-state index in [0.29, 0.717) is 19.4 Å². The number of amides is 1. The second kappa shape index (κ2) is 9.42. The molecule has 0 aromatic heterocycles. The van der Waals surface area contributed by atoms with Crippen LogP contribution < -0.4 is 0 Å². The van der Waals surface area contributed by atoms with Gasteiger partial charge >= 0.3 is 5.97 Å². The summed E-state index contributed by atoms with van der Waals surface area (Å²) in [4.78, 5) is 25.9. The van der Waals surface area contributed by atoms with Gasteiger partial charge in [-0.2, -0.15) is 5.26 Å². The SMILES string of the molecule is C=C(C)CCN(C(=O)CC#N)C(Cc1ccccc1)C(=O)OC. The van der Waals surface area contributed by atoms with Gasteiger partial charge in [0.25, 0.3) is 0 Å². The van der Waals surface area contributed by atoms with Crippen molar-refractivity contribution in [2.75, 3.05) is 13.7 Å². The van der Waals surface area contributed by atoms with E-state index in [-0.39, 0.29) is 12.3 Å². The fourth-order valence-electron chi connectivity index (χ4n) is 2.23. The zero-order valence-corrected chi connectivity index (χ0v) is 13.6. The van der Waals surface area contributed by atoms with E-state index in [4.69, 9.17) is 10.00 Å². The summed E-state index contributed by atoms with van der Waals surface area (Å²) in [6.45, 7) is 6.02. The molecule has 1 unspecified atom stereocenters. The molecule has 0 aliphatic rings. The quantitative estimate of drug-likeness (QED) is 0.546. The van der Waals surface area contributed by atoms with Crippen LogP contribution in [0.25, 0.3) is 0 Å². The molecule has 5 heteroatoms. The van der Waals surface area contributed by atoms with Crippen LogP contribution >= 0.6 is 0 Å². The lowest BCUT2D eigenvalue weighted by molar-refractivity contribution is -0.152. The molecule has 1 aromatic carbocycles. The van der Waals surface area contributed by atoms with Crippen LogP contribution in [-0.2, 0) is 20.7 Å². The number of carbonyl (C=O) groups is 2. The minimum absolute atomic E-state index is 0.265. The van der Waals surface area contributed by atoms with Crippen molar-refractivity contribution in [3.63, 3.8) is 0 Å². The molecule has 0 fully saturated rings. The number of hydrogen-bond donors (Lipinski definition) is 0. The van der Waals surface area contributed by atoms with Gasteiger partial charge in [0.05, 0.1) is 13.2 Å². The molecule has 1 rings (SSSR count). The smallest absolute Gasteiger partial charge is 0.328 e. The van der Waals surface area contributed by atoms with Crippen molar-refractivity contribution >= 4 is 11.9 Å². The topological polar surface area (TPSA) is 70.4 Å². The lowest BCUT2D eigenvalue weighted by atomic mass is 10.0. The van der Waals surface area contributed by atoms with E-state index in [1.165, 1.54) is 12.0 Å². The molecule has 5 nitrogen and oxygen atoms in total. The number of benzene rings is 1. The van der Waals surface area contributed by atoms with Crippen molar-refractivity contribution in [3.8, 4) is 6.07 Å². The summed E-state index contributed by atoms with van der Waals surface area (Å²) < 4.78 is 4.86. The number of nitrogens with zero attached hydrogens (tertiary/aromatic N) is 2. The van der Waals surface area contributed by atoms with E-state index in [1.807, 2.05) is 43.3 Å². The van der Waals surface area contributed by atoms with Gasteiger partial charge in [0.1, 0.15) is 12.5 Å². The van der Waals surface area contributed by atoms with Crippen LogP contribution in [0.1, 0.15) is 25.3 Å². The Morgan fingerprint density at radius 2 is 2.00 bits per heavy atom. The van der Waals surface area contributed by atoms with Crippen LogP contribution in [0.4, 0.5) is 0 Å². The predicted octanol–water partition coefficient (Wildman–Crippen LogP) is 2.48. The highest BCUT2D eigenvalue weighted by Gasteiger charge is 2.30. The standard InChI is InChI=1S/C18H22N2O3/c1-14(2)10-12-20(17(21)9-11-19)16(18(22)23-3)13-15-7-5-4-6-8-15/h4-8,16H,1,9-10,12-13H2,2-3H3. The Morgan fingerprint density at radius 3 is 2.52 bits per heavy atom. The Labute approximate surface area is 137 Å². The molecule has 1 atom stereocenters. The van der Waals surface area contributed by atoms with Crippen LogP contribution in [0, 0.1) is 11.3 Å². The lowest BCUT2D eigenvalue weighted by Crippen LogP contribution is -2.47. The average Bonchev–Trinajstić information content (AvgIpc) is 2.54. The molecule has 0 heterocycles. The summed E-state index contributed by atoms with van der Waals surface area (Å²) >= 11 is 0. The van der Waals surface area contributed by atoms with Crippen molar-refractivity contribution in [2.45, 2.75) is 32.2 Å². The first-order valence-electron chi connectivity index (χ1n) is 7.42. The third kappa shape index (κ3) is 5.95. The second-order valence-corrected chi connectivity index (χ2v) is 5.36. The summed E-state index contributed by atoms with van der Waals surface area (Å²) in [6.07, 6.45) is 0.652. The summed E-state index contributed by atoms with van der Waals surface area (Å²) in [5, 5.41) is 8.80. The molecule has 0 saturated carbocycles. The molecule has 1 aromatic rings. The number of methoxy groups -OCH3 is 1. The van der Waals surface area contributed by atoms with Gasteiger partial charge in [0, 0.05) is 13.0 Å². The first-order chi connectivity index (χ1) is 11.0. The molecule has 0 spiro atoms. The van der Waals surface area contributed by atoms with Gasteiger partial charge in [-0.1, -0.05) is 35.9 Å². The summed E-state index contributed by atoms with van der Waals surface area (Å²) in [5.41, 5.74) is 1.83. The fourth-order valence-corrected chi connectivity index (χ4v) is 2.23. The van der Waals surface area contributed by atoms with E-state index >= 15 is 0 Å². The van der Waals surface area contributed by atoms with Crippen molar-refractivity contribution < 1.29 is 14.3 Å². The summed E-state index contributed by atoms with van der Waals surface area (Å²) in [7, 11) is 1.30. The second-order valence-electron chi connectivity index (χ2n) is 5.36. The highest BCUT2D eigenvalue weighted by Crippen LogP contribution is 2.14. The van der Waals surface area contributed by atoms with Gasteiger partial charge in [-0.15, -0.1) is 6.58 Å².